The van der Waals surface area contributed by atoms with Crippen molar-refractivity contribution in [2.75, 3.05) is 14.1 Å². The van der Waals surface area contributed by atoms with Gasteiger partial charge in [-0.1, -0.05) is 12.1 Å². The van der Waals surface area contributed by atoms with Crippen molar-refractivity contribution in [3.05, 3.63) is 33.1 Å². The third-order valence-electron chi connectivity index (χ3n) is 4.23. The maximum atomic E-state index is 5.31. The van der Waals surface area contributed by atoms with Crippen LogP contribution in [0.3, 0.4) is 0 Å². The summed E-state index contributed by atoms with van der Waals surface area (Å²) in [4.78, 5) is 12.7. The highest BCUT2D eigenvalue weighted by molar-refractivity contribution is 14.0. The number of rotatable bonds is 5. The standard InChI is InChI=1S/C17H25N5OS.HI/c1-4-12-9-13(23-21-12)10-19-17(18-2)22(3)11-16-20-14-7-5-6-8-15(14)24-16;/h9H,4-8,10-11H2,1-3H3,(H,18,19);1H. The molecule has 0 unspecified atom stereocenters. The minimum Gasteiger partial charge on any atom is -0.359 e. The van der Waals surface area contributed by atoms with Gasteiger partial charge in [0.1, 0.15) is 5.01 Å². The maximum Gasteiger partial charge on any atom is 0.194 e. The molecule has 6 nitrogen and oxygen atoms in total. The normalized spacial score (nSPS) is 14.0. The largest absolute Gasteiger partial charge is 0.359 e. The van der Waals surface area contributed by atoms with E-state index in [-0.39, 0.29) is 24.0 Å². The van der Waals surface area contributed by atoms with Crippen LogP contribution in [0.25, 0.3) is 0 Å². The van der Waals surface area contributed by atoms with Gasteiger partial charge >= 0.3 is 0 Å². The first kappa shape index (κ1) is 20.2. The molecule has 2 aromatic heterocycles. The number of nitrogens with one attached hydrogen (secondary N) is 1. The Balaban J connectivity index is 0.00000225. The number of thiazole rings is 1. The van der Waals surface area contributed by atoms with Crippen LogP contribution in [0.1, 0.15) is 46.8 Å². The van der Waals surface area contributed by atoms with Crippen LogP contribution in [0.4, 0.5) is 0 Å². The molecule has 1 N–H and O–H groups in total. The fourth-order valence-electron chi connectivity index (χ4n) is 2.91. The number of guanidine groups is 1. The SMILES string of the molecule is CCc1cc(CNC(=NC)N(C)Cc2nc3c(s2)CCCC3)on1.I. The maximum absolute atomic E-state index is 5.31. The van der Waals surface area contributed by atoms with Crippen molar-refractivity contribution < 1.29 is 4.52 Å². The van der Waals surface area contributed by atoms with Gasteiger partial charge in [0.15, 0.2) is 11.7 Å². The molecule has 0 amide bonds. The Morgan fingerprint density at radius 3 is 2.88 bits per heavy atom. The van der Waals surface area contributed by atoms with Crippen molar-refractivity contribution in [3.63, 3.8) is 0 Å². The van der Waals surface area contributed by atoms with E-state index in [1.165, 1.54) is 34.8 Å². The summed E-state index contributed by atoms with van der Waals surface area (Å²) < 4.78 is 5.31. The topological polar surface area (TPSA) is 66.6 Å². The van der Waals surface area contributed by atoms with Crippen LogP contribution >= 0.6 is 35.3 Å². The molecule has 0 aliphatic heterocycles. The van der Waals surface area contributed by atoms with E-state index in [1.54, 1.807) is 7.05 Å². The van der Waals surface area contributed by atoms with Crippen LogP contribution in [0.2, 0.25) is 0 Å². The molecule has 1 aliphatic rings. The summed E-state index contributed by atoms with van der Waals surface area (Å²) in [6.45, 7) is 3.42. The lowest BCUT2D eigenvalue weighted by Gasteiger charge is -2.20. The number of hydrogen-bond donors (Lipinski definition) is 1. The van der Waals surface area contributed by atoms with E-state index in [0.29, 0.717) is 6.54 Å². The number of hydrogen-bond acceptors (Lipinski definition) is 5. The van der Waals surface area contributed by atoms with Crippen LogP contribution in [-0.4, -0.2) is 35.1 Å². The quantitative estimate of drug-likeness (QED) is 0.408. The van der Waals surface area contributed by atoms with E-state index >= 15 is 0 Å². The van der Waals surface area contributed by atoms with Gasteiger partial charge in [-0.25, -0.2) is 4.98 Å². The van der Waals surface area contributed by atoms with Gasteiger partial charge in [0.2, 0.25) is 0 Å². The molecular formula is C17H26IN5OS. The number of fused-ring (bicyclic) bond motifs is 1. The van der Waals surface area contributed by atoms with Gasteiger partial charge in [-0.05, 0) is 32.1 Å². The molecule has 0 aromatic carbocycles. The molecule has 0 saturated heterocycles. The molecule has 0 fully saturated rings. The Hall–Kier alpha value is -1.16. The van der Waals surface area contributed by atoms with Gasteiger partial charge in [-0.15, -0.1) is 35.3 Å². The van der Waals surface area contributed by atoms with Crippen LogP contribution in [0, 0.1) is 0 Å². The molecule has 0 spiro atoms. The Kier molecular flexibility index (Phi) is 7.67. The Morgan fingerprint density at radius 1 is 1.40 bits per heavy atom. The van der Waals surface area contributed by atoms with Crippen molar-refractivity contribution >= 4 is 41.3 Å². The third-order valence-corrected chi connectivity index (χ3v) is 5.37. The minimum absolute atomic E-state index is 0. The predicted octanol–water partition coefficient (Wildman–Crippen LogP) is 3.40. The van der Waals surface area contributed by atoms with Crippen LogP contribution < -0.4 is 5.32 Å². The van der Waals surface area contributed by atoms with E-state index < -0.39 is 0 Å². The number of aliphatic imine (C=N–C) groups is 1. The van der Waals surface area contributed by atoms with Gasteiger partial charge < -0.3 is 14.7 Å². The zero-order chi connectivity index (χ0) is 16.9. The molecule has 0 bridgehead atoms. The number of aryl methyl sites for hydroxylation is 3. The number of aromatic nitrogens is 2. The van der Waals surface area contributed by atoms with Crippen molar-refractivity contribution in [2.45, 2.75) is 52.1 Å². The first-order chi connectivity index (χ1) is 11.7. The molecule has 0 radical (unpaired) electrons. The highest BCUT2D eigenvalue weighted by Crippen LogP contribution is 2.27. The van der Waals surface area contributed by atoms with Gasteiger partial charge in [0, 0.05) is 25.0 Å². The second kappa shape index (κ2) is 9.51. The Morgan fingerprint density at radius 2 is 2.20 bits per heavy atom. The highest BCUT2D eigenvalue weighted by Gasteiger charge is 2.17. The first-order valence-electron chi connectivity index (χ1n) is 8.53. The molecule has 2 aromatic rings. The molecule has 25 heavy (non-hydrogen) atoms. The fourth-order valence-corrected chi connectivity index (χ4v) is 4.12. The minimum atomic E-state index is 0. The molecule has 0 saturated carbocycles. The van der Waals surface area contributed by atoms with Crippen LogP contribution in [-0.2, 0) is 32.4 Å². The zero-order valence-corrected chi connectivity index (χ0v) is 18.2. The van der Waals surface area contributed by atoms with Crippen molar-refractivity contribution in [1.82, 2.24) is 20.4 Å². The summed E-state index contributed by atoms with van der Waals surface area (Å²) in [6, 6.07) is 1.98. The lowest BCUT2D eigenvalue weighted by atomic mass is 10.0. The summed E-state index contributed by atoms with van der Waals surface area (Å²) >= 11 is 1.85. The highest BCUT2D eigenvalue weighted by atomic mass is 127. The van der Waals surface area contributed by atoms with Crippen molar-refractivity contribution in [1.29, 1.82) is 0 Å². The second-order valence-electron chi connectivity index (χ2n) is 6.08. The summed E-state index contributed by atoms with van der Waals surface area (Å²) in [5.41, 5.74) is 2.29. The summed E-state index contributed by atoms with van der Waals surface area (Å²) in [5.74, 6) is 1.66. The molecule has 0 atom stereocenters. The molecule has 138 valence electrons. The molecule has 3 rings (SSSR count). The Bertz CT molecular complexity index is 688. The average molecular weight is 475 g/mol. The van der Waals surface area contributed by atoms with Gasteiger partial charge in [0.05, 0.1) is 24.5 Å². The van der Waals surface area contributed by atoms with E-state index in [1.807, 2.05) is 24.5 Å². The molecule has 1 aliphatic carbocycles. The van der Waals surface area contributed by atoms with E-state index in [2.05, 4.69) is 27.3 Å². The van der Waals surface area contributed by atoms with E-state index in [9.17, 15) is 0 Å². The molecular weight excluding hydrogens is 449 g/mol. The van der Waals surface area contributed by atoms with E-state index in [0.717, 1.165) is 36.8 Å². The van der Waals surface area contributed by atoms with Crippen LogP contribution in [0.15, 0.2) is 15.6 Å². The smallest absolute Gasteiger partial charge is 0.194 e. The van der Waals surface area contributed by atoms with E-state index in [4.69, 9.17) is 9.51 Å². The third kappa shape index (κ3) is 5.16. The van der Waals surface area contributed by atoms with Gasteiger partial charge in [0.25, 0.3) is 0 Å². The molecule has 8 heteroatoms. The van der Waals surface area contributed by atoms with Crippen molar-refractivity contribution in [3.8, 4) is 0 Å². The van der Waals surface area contributed by atoms with Gasteiger partial charge in [-0.3, -0.25) is 4.99 Å². The van der Waals surface area contributed by atoms with Crippen molar-refractivity contribution in [2.24, 2.45) is 4.99 Å². The number of nitrogens with zero attached hydrogens (tertiary/aromatic N) is 4. The first-order valence-corrected chi connectivity index (χ1v) is 9.35. The lowest BCUT2D eigenvalue weighted by molar-refractivity contribution is 0.371. The number of halogens is 1. The Labute approximate surface area is 170 Å². The summed E-state index contributed by atoms with van der Waals surface area (Å²) in [7, 11) is 3.83. The fraction of sp³-hybridized carbons (Fsp3) is 0.588. The zero-order valence-electron chi connectivity index (χ0n) is 15.0. The van der Waals surface area contributed by atoms with Crippen LogP contribution in [0.5, 0.6) is 0 Å². The predicted molar refractivity (Wildman–Crippen MR) is 112 cm³/mol. The molecule has 2 heterocycles. The summed E-state index contributed by atoms with van der Waals surface area (Å²) in [5, 5.41) is 8.50. The van der Waals surface area contributed by atoms with Gasteiger partial charge in [-0.2, -0.15) is 0 Å². The lowest BCUT2D eigenvalue weighted by Crippen LogP contribution is -2.37. The average Bonchev–Trinajstić information content (AvgIpc) is 3.21. The summed E-state index contributed by atoms with van der Waals surface area (Å²) in [6.07, 6.45) is 5.77. The monoisotopic (exact) mass is 475 g/mol. The second-order valence-corrected chi connectivity index (χ2v) is 7.25.